The molecule has 1 aliphatic rings. The van der Waals surface area contributed by atoms with E-state index in [0.717, 1.165) is 5.75 Å². The number of nitrogens with zero attached hydrogens (tertiary/aromatic N) is 1. The van der Waals surface area contributed by atoms with Crippen LogP contribution in [0.15, 0.2) is 0 Å². The summed E-state index contributed by atoms with van der Waals surface area (Å²) in [6.07, 6.45) is 6.96. The molecule has 0 spiro atoms. The van der Waals surface area contributed by atoms with Crippen LogP contribution in [0.3, 0.4) is 0 Å². The maximum absolute atomic E-state index is 4.22. The van der Waals surface area contributed by atoms with E-state index < -0.39 is 0 Å². The highest BCUT2D eigenvalue weighted by molar-refractivity contribution is 7.80. The summed E-state index contributed by atoms with van der Waals surface area (Å²) in [5.74, 6) is 1.04. The van der Waals surface area contributed by atoms with Crippen molar-refractivity contribution in [1.29, 1.82) is 0 Å². The van der Waals surface area contributed by atoms with Crippen molar-refractivity contribution in [3.8, 4) is 0 Å². The molecule has 0 aliphatic carbocycles. The van der Waals surface area contributed by atoms with Crippen molar-refractivity contribution in [2.45, 2.75) is 32.1 Å². The molecule has 0 unspecified atom stereocenters. The van der Waals surface area contributed by atoms with Crippen molar-refractivity contribution in [3.05, 3.63) is 0 Å². The van der Waals surface area contributed by atoms with Gasteiger partial charge in [-0.1, -0.05) is 12.8 Å². The summed E-state index contributed by atoms with van der Waals surface area (Å²) in [7, 11) is 0. The summed E-state index contributed by atoms with van der Waals surface area (Å²) in [5.41, 5.74) is 0. The van der Waals surface area contributed by atoms with Gasteiger partial charge in [0.25, 0.3) is 0 Å². The minimum atomic E-state index is 1.04. The van der Waals surface area contributed by atoms with Crippen LogP contribution in [0.2, 0.25) is 0 Å². The number of hydrogen-bond acceptors (Lipinski definition) is 2. The van der Waals surface area contributed by atoms with Crippen LogP contribution in [0.4, 0.5) is 0 Å². The van der Waals surface area contributed by atoms with E-state index >= 15 is 0 Å². The standard InChI is InChI=1S/C9H19NS/c11-9-5-8-10-6-3-1-2-4-7-10/h11H,1-9H2. The first kappa shape index (κ1) is 9.40. The molecule has 0 aromatic heterocycles. The molecule has 1 nitrogen and oxygen atoms in total. The molecule has 0 N–H and O–H groups in total. The topological polar surface area (TPSA) is 3.24 Å². The van der Waals surface area contributed by atoms with Crippen molar-refractivity contribution in [2.75, 3.05) is 25.4 Å². The molecule has 11 heavy (non-hydrogen) atoms. The van der Waals surface area contributed by atoms with Gasteiger partial charge in [0.05, 0.1) is 0 Å². The van der Waals surface area contributed by atoms with E-state index in [1.165, 1.54) is 51.7 Å². The lowest BCUT2D eigenvalue weighted by atomic mass is 10.2. The molecule has 0 atom stereocenters. The normalized spacial score (nSPS) is 21.5. The Morgan fingerprint density at radius 3 is 2.18 bits per heavy atom. The van der Waals surface area contributed by atoms with Crippen molar-refractivity contribution in [3.63, 3.8) is 0 Å². The molecule has 1 heterocycles. The Kier molecular flexibility index (Phi) is 5.04. The molecule has 66 valence electrons. The van der Waals surface area contributed by atoms with E-state index in [-0.39, 0.29) is 0 Å². The van der Waals surface area contributed by atoms with Crippen LogP contribution in [0.5, 0.6) is 0 Å². The van der Waals surface area contributed by atoms with Gasteiger partial charge >= 0.3 is 0 Å². The number of rotatable bonds is 3. The zero-order valence-electron chi connectivity index (χ0n) is 7.26. The van der Waals surface area contributed by atoms with E-state index in [1.807, 2.05) is 0 Å². The quantitative estimate of drug-likeness (QED) is 0.640. The van der Waals surface area contributed by atoms with E-state index in [9.17, 15) is 0 Å². The summed E-state index contributed by atoms with van der Waals surface area (Å²) in [5, 5.41) is 0. The number of thiol groups is 1. The molecule has 0 aromatic carbocycles. The van der Waals surface area contributed by atoms with Crippen LogP contribution in [0.25, 0.3) is 0 Å². The van der Waals surface area contributed by atoms with Gasteiger partial charge in [-0.2, -0.15) is 12.6 Å². The third-order valence-corrected chi connectivity index (χ3v) is 2.65. The van der Waals surface area contributed by atoms with Gasteiger partial charge in [0.15, 0.2) is 0 Å². The van der Waals surface area contributed by atoms with Crippen molar-refractivity contribution in [2.24, 2.45) is 0 Å². The van der Waals surface area contributed by atoms with E-state index in [0.29, 0.717) is 0 Å². The van der Waals surface area contributed by atoms with Crippen LogP contribution < -0.4 is 0 Å². The lowest BCUT2D eigenvalue weighted by Gasteiger charge is -2.18. The fraction of sp³-hybridized carbons (Fsp3) is 1.00. The first-order chi connectivity index (χ1) is 5.43. The molecule has 1 fully saturated rings. The Labute approximate surface area is 75.6 Å². The molecule has 0 saturated carbocycles. The third-order valence-electron chi connectivity index (χ3n) is 2.33. The molecule has 2 heteroatoms. The SMILES string of the molecule is SCCCN1CCCCCC1. The van der Waals surface area contributed by atoms with E-state index in [4.69, 9.17) is 0 Å². The van der Waals surface area contributed by atoms with Crippen LogP contribution >= 0.6 is 12.6 Å². The Hall–Kier alpha value is 0.310. The Balaban J connectivity index is 2.09. The fourth-order valence-electron chi connectivity index (χ4n) is 1.65. The predicted octanol–water partition coefficient (Wildman–Crippen LogP) is 2.18. The number of likely N-dealkylation sites (tertiary alicyclic amines) is 1. The molecule has 1 aliphatic heterocycles. The maximum Gasteiger partial charge on any atom is -0.00110 e. The average Bonchev–Trinajstić information content (AvgIpc) is 2.28. The molecule has 0 aromatic rings. The smallest absolute Gasteiger partial charge is 0.00110 e. The van der Waals surface area contributed by atoms with Crippen molar-refractivity contribution >= 4 is 12.6 Å². The van der Waals surface area contributed by atoms with Gasteiger partial charge in [-0.25, -0.2) is 0 Å². The zero-order valence-corrected chi connectivity index (χ0v) is 8.15. The molecule has 0 amide bonds. The van der Waals surface area contributed by atoms with Gasteiger partial charge in [-0.15, -0.1) is 0 Å². The second kappa shape index (κ2) is 5.90. The summed E-state index contributed by atoms with van der Waals surface area (Å²) in [6, 6.07) is 0. The zero-order chi connectivity index (χ0) is 7.94. The van der Waals surface area contributed by atoms with Gasteiger partial charge in [0, 0.05) is 0 Å². The molecule has 0 radical (unpaired) electrons. The average molecular weight is 173 g/mol. The molecular weight excluding hydrogens is 154 g/mol. The highest BCUT2D eigenvalue weighted by Gasteiger charge is 2.06. The van der Waals surface area contributed by atoms with Crippen LogP contribution in [-0.4, -0.2) is 30.3 Å². The Morgan fingerprint density at radius 2 is 1.64 bits per heavy atom. The van der Waals surface area contributed by atoms with E-state index in [2.05, 4.69) is 17.5 Å². The number of hydrogen-bond donors (Lipinski definition) is 1. The second-order valence-electron chi connectivity index (χ2n) is 3.33. The summed E-state index contributed by atoms with van der Waals surface area (Å²) < 4.78 is 0. The van der Waals surface area contributed by atoms with Crippen molar-refractivity contribution < 1.29 is 0 Å². The van der Waals surface area contributed by atoms with Crippen molar-refractivity contribution in [1.82, 2.24) is 4.90 Å². The second-order valence-corrected chi connectivity index (χ2v) is 3.78. The maximum atomic E-state index is 4.22. The first-order valence-corrected chi connectivity index (χ1v) is 5.40. The third kappa shape index (κ3) is 4.02. The highest BCUT2D eigenvalue weighted by Crippen LogP contribution is 2.09. The Bertz CT molecular complexity index is 87.6. The summed E-state index contributed by atoms with van der Waals surface area (Å²) in [4.78, 5) is 2.59. The minimum absolute atomic E-state index is 1.04. The summed E-state index contributed by atoms with van der Waals surface area (Å²) >= 11 is 4.22. The van der Waals surface area contributed by atoms with Crippen LogP contribution in [-0.2, 0) is 0 Å². The van der Waals surface area contributed by atoms with Gasteiger partial charge in [0.1, 0.15) is 0 Å². The Morgan fingerprint density at radius 1 is 1.00 bits per heavy atom. The fourth-order valence-corrected chi connectivity index (χ4v) is 1.80. The molecule has 1 saturated heterocycles. The highest BCUT2D eigenvalue weighted by atomic mass is 32.1. The first-order valence-electron chi connectivity index (χ1n) is 4.76. The largest absolute Gasteiger partial charge is 0.303 e. The monoisotopic (exact) mass is 173 g/mol. The predicted molar refractivity (Wildman–Crippen MR) is 53.4 cm³/mol. The summed E-state index contributed by atoms with van der Waals surface area (Å²) in [6.45, 7) is 3.92. The molecule has 1 rings (SSSR count). The van der Waals surface area contributed by atoms with Gasteiger partial charge < -0.3 is 4.90 Å². The molecule has 0 bridgehead atoms. The lowest BCUT2D eigenvalue weighted by molar-refractivity contribution is 0.287. The van der Waals surface area contributed by atoms with Gasteiger partial charge in [-0.3, -0.25) is 0 Å². The van der Waals surface area contributed by atoms with Crippen LogP contribution in [0.1, 0.15) is 32.1 Å². The van der Waals surface area contributed by atoms with Gasteiger partial charge in [-0.05, 0) is 44.6 Å². The minimum Gasteiger partial charge on any atom is -0.303 e. The molecular formula is C9H19NS. The lowest BCUT2D eigenvalue weighted by Crippen LogP contribution is -2.25. The van der Waals surface area contributed by atoms with Crippen LogP contribution in [0, 0.1) is 0 Å². The van der Waals surface area contributed by atoms with Gasteiger partial charge in [0.2, 0.25) is 0 Å². The van der Waals surface area contributed by atoms with E-state index in [1.54, 1.807) is 0 Å².